The van der Waals surface area contributed by atoms with Gasteiger partial charge in [0.1, 0.15) is 29.4 Å². The Balaban J connectivity index is 2.66. The fourth-order valence-corrected chi connectivity index (χ4v) is 2.52. The molecule has 0 atom stereocenters. The molecule has 0 bridgehead atoms. The van der Waals surface area contributed by atoms with Gasteiger partial charge in [0.15, 0.2) is 0 Å². The van der Waals surface area contributed by atoms with Crippen LogP contribution >= 0.6 is 0 Å². The average Bonchev–Trinajstić information content (AvgIpc) is 3.00. The maximum absolute atomic E-state index is 9.00. The van der Waals surface area contributed by atoms with Gasteiger partial charge >= 0.3 is 0 Å². The number of hydrogen-bond donors (Lipinski definition) is 1. The van der Waals surface area contributed by atoms with Crippen LogP contribution in [0.1, 0.15) is 18.4 Å². The van der Waals surface area contributed by atoms with Crippen molar-refractivity contribution in [1.82, 2.24) is 0 Å². The van der Waals surface area contributed by atoms with Crippen LogP contribution in [-0.2, 0) is 0 Å². The second-order valence-electron chi connectivity index (χ2n) is 4.87. The molecule has 0 unspecified atom stereocenters. The Kier molecular flexibility index (Phi) is 5.06. The molecule has 0 aliphatic heterocycles. The molecule has 4 heteroatoms. The first kappa shape index (κ1) is 15.7. The number of nitrogens with zero attached hydrogens (tertiary/aromatic N) is 3. The molecule has 0 spiro atoms. The summed E-state index contributed by atoms with van der Waals surface area (Å²) in [6, 6.07) is 15.3. The predicted molar refractivity (Wildman–Crippen MR) is 86.8 cm³/mol. The number of hydrogen-bond acceptors (Lipinski definition) is 4. The zero-order chi connectivity index (χ0) is 16.7. The van der Waals surface area contributed by atoms with Gasteiger partial charge in [-0.15, -0.1) is 0 Å². The van der Waals surface area contributed by atoms with E-state index < -0.39 is 0 Å². The minimum absolute atomic E-state index is 0.0535. The van der Waals surface area contributed by atoms with Crippen molar-refractivity contribution in [3.05, 3.63) is 70.3 Å². The summed E-state index contributed by atoms with van der Waals surface area (Å²) in [5.41, 5.74) is 3.88. The first-order valence-electron chi connectivity index (χ1n) is 6.94. The van der Waals surface area contributed by atoms with Crippen LogP contribution in [-0.4, -0.2) is 5.87 Å². The van der Waals surface area contributed by atoms with E-state index in [1.165, 1.54) is 0 Å². The number of rotatable bonds is 3. The maximum atomic E-state index is 9.00. The van der Waals surface area contributed by atoms with E-state index in [0.717, 1.165) is 22.3 Å². The van der Waals surface area contributed by atoms with Crippen molar-refractivity contribution in [1.29, 1.82) is 21.2 Å². The van der Waals surface area contributed by atoms with Crippen LogP contribution in [0.15, 0.2) is 64.8 Å². The fraction of sp³-hybridized carbons (Fsp3) is 0.105. The zero-order valence-corrected chi connectivity index (χ0v) is 12.3. The molecule has 0 heterocycles. The molecule has 0 fully saturated rings. The van der Waals surface area contributed by atoms with E-state index in [4.69, 9.17) is 21.2 Å². The predicted octanol–water partition coefficient (Wildman–Crippen LogP) is 3.83. The van der Waals surface area contributed by atoms with Crippen LogP contribution in [0.25, 0.3) is 5.57 Å². The van der Waals surface area contributed by atoms with Crippen molar-refractivity contribution in [3.8, 4) is 18.2 Å². The molecule has 0 saturated carbocycles. The molecule has 0 saturated heterocycles. The van der Waals surface area contributed by atoms with Gasteiger partial charge in [-0.2, -0.15) is 15.8 Å². The summed E-state index contributed by atoms with van der Waals surface area (Å²) in [5.74, 6) is 2.12. The number of allylic oxidation sites excluding steroid dienone is 7. The smallest absolute Gasteiger partial charge is 0.129 e. The Morgan fingerprint density at radius 3 is 2.26 bits per heavy atom. The van der Waals surface area contributed by atoms with Crippen molar-refractivity contribution >= 4 is 11.4 Å². The number of benzene rings is 1. The van der Waals surface area contributed by atoms with E-state index in [1.54, 1.807) is 12.2 Å². The molecular formula is C19H12N4. The quantitative estimate of drug-likeness (QED) is 0.678. The summed E-state index contributed by atoms with van der Waals surface area (Å²) in [7, 11) is 0. The second-order valence-corrected chi connectivity index (χ2v) is 4.87. The molecular weight excluding hydrogens is 284 g/mol. The zero-order valence-electron chi connectivity index (χ0n) is 12.3. The van der Waals surface area contributed by atoms with E-state index in [9.17, 15) is 0 Å². The highest BCUT2D eigenvalue weighted by Crippen LogP contribution is 2.39. The minimum Gasteiger partial charge on any atom is -0.258 e. The van der Waals surface area contributed by atoms with Gasteiger partial charge in [0, 0.05) is 0 Å². The van der Waals surface area contributed by atoms with E-state index >= 15 is 0 Å². The molecule has 108 valence electrons. The van der Waals surface area contributed by atoms with Gasteiger partial charge in [-0.25, -0.2) is 0 Å². The summed E-state index contributed by atoms with van der Waals surface area (Å²) in [6.45, 7) is 0. The first-order chi connectivity index (χ1) is 11.2. The maximum Gasteiger partial charge on any atom is 0.129 e. The van der Waals surface area contributed by atoms with Gasteiger partial charge in [-0.1, -0.05) is 30.3 Å². The Morgan fingerprint density at radius 2 is 1.70 bits per heavy atom. The Labute approximate surface area is 134 Å². The number of nitriles is 3. The Hall–Kier alpha value is -3.64. The summed E-state index contributed by atoms with van der Waals surface area (Å²) in [5, 5.41) is 34.1. The highest BCUT2D eigenvalue weighted by molar-refractivity contribution is 5.87. The van der Waals surface area contributed by atoms with Gasteiger partial charge < -0.3 is 0 Å². The molecule has 0 amide bonds. The molecule has 4 nitrogen and oxygen atoms in total. The van der Waals surface area contributed by atoms with Crippen LogP contribution in [0, 0.1) is 39.4 Å². The van der Waals surface area contributed by atoms with E-state index in [-0.39, 0.29) is 11.1 Å². The summed E-state index contributed by atoms with van der Waals surface area (Å²) < 4.78 is 0. The largest absolute Gasteiger partial charge is 0.258 e. The van der Waals surface area contributed by atoms with Gasteiger partial charge in [-0.05, 0) is 53.1 Å². The minimum atomic E-state index is 0.0535. The molecule has 2 rings (SSSR count). The topological polar surface area (TPSA) is 95.2 Å². The van der Waals surface area contributed by atoms with E-state index in [1.807, 2.05) is 48.5 Å². The molecule has 1 aromatic rings. The van der Waals surface area contributed by atoms with Crippen LogP contribution in [0.2, 0.25) is 0 Å². The Bertz CT molecular complexity index is 871. The van der Waals surface area contributed by atoms with Crippen LogP contribution in [0.4, 0.5) is 0 Å². The van der Waals surface area contributed by atoms with Gasteiger partial charge in [0.25, 0.3) is 0 Å². The SMILES string of the molecule is N#CC(=C=N)/C=C1\CCC(C=C(C#N)C#N)=C1c1ccccc1. The standard InChI is InChI=1S/C19H12N4/c20-10-14(11-21)8-17-6-7-18(9-15(12-22)13-23)19(17)16-4-2-1-3-5-16/h1-5,8-9,20H,6-7H2/b17-8+. The monoisotopic (exact) mass is 296 g/mol. The van der Waals surface area contributed by atoms with E-state index in [0.29, 0.717) is 12.8 Å². The molecule has 1 N–H and O–H groups in total. The van der Waals surface area contributed by atoms with Crippen molar-refractivity contribution in [2.45, 2.75) is 12.8 Å². The molecule has 1 aliphatic rings. The van der Waals surface area contributed by atoms with Crippen LogP contribution in [0.3, 0.4) is 0 Å². The first-order valence-corrected chi connectivity index (χ1v) is 6.94. The lowest BCUT2D eigenvalue weighted by molar-refractivity contribution is 1.03. The fourth-order valence-electron chi connectivity index (χ4n) is 2.52. The molecule has 23 heavy (non-hydrogen) atoms. The van der Waals surface area contributed by atoms with Crippen molar-refractivity contribution in [3.63, 3.8) is 0 Å². The van der Waals surface area contributed by atoms with Gasteiger partial charge in [-0.3, -0.25) is 5.41 Å². The summed E-state index contributed by atoms with van der Waals surface area (Å²) >= 11 is 0. The lowest BCUT2D eigenvalue weighted by atomic mass is 9.96. The Morgan fingerprint density at radius 1 is 1.00 bits per heavy atom. The summed E-state index contributed by atoms with van der Waals surface area (Å²) in [6.07, 6.45) is 4.62. The molecule has 1 aromatic carbocycles. The third-order valence-electron chi connectivity index (χ3n) is 3.50. The third-order valence-corrected chi connectivity index (χ3v) is 3.50. The average molecular weight is 296 g/mol. The highest BCUT2D eigenvalue weighted by Gasteiger charge is 2.20. The van der Waals surface area contributed by atoms with Gasteiger partial charge in [0.2, 0.25) is 0 Å². The molecule has 0 radical (unpaired) electrons. The lowest BCUT2D eigenvalue weighted by Crippen LogP contribution is -1.88. The van der Waals surface area contributed by atoms with Crippen LogP contribution < -0.4 is 0 Å². The van der Waals surface area contributed by atoms with Crippen LogP contribution in [0.5, 0.6) is 0 Å². The van der Waals surface area contributed by atoms with E-state index in [2.05, 4.69) is 5.87 Å². The molecule has 0 aromatic heterocycles. The third kappa shape index (κ3) is 3.52. The van der Waals surface area contributed by atoms with Crippen molar-refractivity contribution in [2.24, 2.45) is 0 Å². The highest BCUT2D eigenvalue weighted by atomic mass is 14.3. The molecule has 1 aliphatic carbocycles. The summed E-state index contributed by atoms with van der Waals surface area (Å²) in [4.78, 5) is 0. The van der Waals surface area contributed by atoms with Crippen molar-refractivity contribution in [2.75, 3.05) is 0 Å². The van der Waals surface area contributed by atoms with Gasteiger partial charge in [0.05, 0.1) is 0 Å². The van der Waals surface area contributed by atoms with Crippen molar-refractivity contribution < 1.29 is 0 Å². The number of nitrogens with one attached hydrogen (secondary N) is 1. The second kappa shape index (κ2) is 7.39. The lowest BCUT2D eigenvalue weighted by Gasteiger charge is -2.07. The normalized spacial score (nSPS) is 14.4.